The Morgan fingerprint density at radius 3 is 2.63 bits per heavy atom. The zero-order valence-corrected chi connectivity index (χ0v) is 18.1. The highest BCUT2D eigenvalue weighted by molar-refractivity contribution is 6.30. The van der Waals surface area contributed by atoms with Gasteiger partial charge in [0, 0.05) is 22.7 Å². The minimum Gasteiger partial charge on any atom is -0.489 e. The van der Waals surface area contributed by atoms with Gasteiger partial charge in [-0.1, -0.05) is 18.5 Å². The lowest BCUT2D eigenvalue weighted by atomic mass is 9.91. The Labute approximate surface area is 180 Å². The molecule has 1 heterocycles. The molecule has 0 aromatic heterocycles. The Morgan fingerprint density at radius 2 is 2.00 bits per heavy atom. The molecule has 2 aromatic carbocycles. The van der Waals surface area contributed by atoms with Gasteiger partial charge in [-0.3, -0.25) is 10.1 Å². The Bertz CT molecular complexity index is 982. The van der Waals surface area contributed by atoms with Gasteiger partial charge in [0.05, 0.1) is 17.1 Å². The number of esters is 1. The molecule has 0 bridgehead atoms. The minimum atomic E-state index is -0.714. The van der Waals surface area contributed by atoms with Crippen molar-refractivity contribution in [3.8, 4) is 17.2 Å². The van der Waals surface area contributed by atoms with Crippen LogP contribution in [0.3, 0.4) is 0 Å². The molecule has 0 saturated carbocycles. The number of hydrogen-bond acceptors (Lipinski definition) is 6. The van der Waals surface area contributed by atoms with E-state index in [-0.39, 0.29) is 22.9 Å². The fraction of sp³-hybridized carbons (Fsp3) is 0.409. The van der Waals surface area contributed by atoms with Crippen LogP contribution in [0, 0.1) is 10.1 Å². The van der Waals surface area contributed by atoms with E-state index in [0.29, 0.717) is 23.1 Å². The van der Waals surface area contributed by atoms with E-state index < -0.39 is 16.5 Å². The molecule has 1 aliphatic heterocycles. The third kappa shape index (κ3) is 4.84. The first-order valence-electron chi connectivity index (χ1n) is 9.75. The van der Waals surface area contributed by atoms with Gasteiger partial charge >= 0.3 is 11.7 Å². The van der Waals surface area contributed by atoms with Crippen LogP contribution < -0.4 is 9.47 Å². The lowest BCUT2D eigenvalue weighted by Crippen LogP contribution is -2.23. The second-order valence-electron chi connectivity index (χ2n) is 8.11. The molecule has 0 fully saturated rings. The van der Waals surface area contributed by atoms with Gasteiger partial charge in [0.15, 0.2) is 11.5 Å². The number of fused-ring (bicyclic) bond motifs is 1. The van der Waals surface area contributed by atoms with Crippen LogP contribution in [0.25, 0.3) is 0 Å². The summed E-state index contributed by atoms with van der Waals surface area (Å²) >= 11 is 6.27. The maximum atomic E-state index is 12.3. The Hall–Kier alpha value is -2.80. The van der Waals surface area contributed by atoms with Crippen LogP contribution in [0.1, 0.15) is 62.4 Å². The van der Waals surface area contributed by atoms with Crippen molar-refractivity contribution in [2.45, 2.75) is 52.1 Å². The van der Waals surface area contributed by atoms with Gasteiger partial charge in [0.2, 0.25) is 5.75 Å². The molecule has 160 valence electrons. The number of halogens is 1. The van der Waals surface area contributed by atoms with Gasteiger partial charge in [-0.2, -0.15) is 0 Å². The second-order valence-corrected chi connectivity index (χ2v) is 8.54. The van der Waals surface area contributed by atoms with Gasteiger partial charge in [0.25, 0.3) is 0 Å². The van der Waals surface area contributed by atoms with Crippen molar-refractivity contribution in [2.24, 2.45) is 0 Å². The molecule has 7 nitrogen and oxygen atoms in total. The second kappa shape index (κ2) is 8.52. The van der Waals surface area contributed by atoms with Crippen LogP contribution in [0.2, 0.25) is 5.02 Å². The van der Waals surface area contributed by atoms with Crippen molar-refractivity contribution in [2.75, 3.05) is 6.61 Å². The SMILES string of the molecule is CCC1CCOc2c(Oc3ccc(C(=O)OC(C)(C)C)cc3[N+](=O)[O-])cc(Cl)cc21. The molecule has 0 N–H and O–H groups in total. The number of ether oxygens (including phenoxy) is 3. The summed E-state index contributed by atoms with van der Waals surface area (Å²) in [6, 6.07) is 7.38. The number of hydrogen-bond donors (Lipinski definition) is 0. The highest BCUT2D eigenvalue weighted by atomic mass is 35.5. The number of carbonyl (C=O) groups is 1. The fourth-order valence-corrected chi connectivity index (χ4v) is 3.55. The van der Waals surface area contributed by atoms with E-state index in [1.807, 2.05) is 6.07 Å². The molecule has 0 saturated heterocycles. The van der Waals surface area contributed by atoms with Gasteiger partial charge in [0.1, 0.15) is 5.60 Å². The van der Waals surface area contributed by atoms with Crippen molar-refractivity contribution in [3.05, 3.63) is 56.6 Å². The molecule has 0 spiro atoms. The van der Waals surface area contributed by atoms with E-state index in [0.717, 1.165) is 24.5 Å². The zero-order valence-electron chi connectivity index (χ0n) is 17.4. The van der Waals surface area contributed by atoms with E-state index in [2.05, 4.69) is 6.92 Å². The summed E-state index contributed by atoms with van der Waals surface area (Å²) in [7, 11) is 0. The Kier molecular flexibility index (Phi) is 6.22. The molecule has 1 aliphatic rings. The summed E-state index contributed by atoms with van der Waals surface area (Å²) in [4.78, 5) is 23.3. The van der Waals surface area contributed by atoms with E-state index in [9.17, 15) is 14.9 Å². The molecule has 1 unspecified atom stereocenters. The average Bonchev–Trinajstić information content (AvgIpc) is 2.66. The third-order valence-electron chi connectivity index (χ3n) is 4.70. The lowest BCUT2D eigenvalue weighted by molar-refractivity contribution is -0.385. The largest absolute Gasteiger partial charge is 0.489 e. The highest BCUT2D eigenvalue weighted by Gasteiger charge is 2.27. The van der Waals surface area contributed by atoms with E-state index >= 15 is 0 Å². The summed E-state index contributed by atoms with van der Waals surface area (Å²) in [5.41, 5.74) is -0.0674. The molecule has 30 heavy (non-hydrogen) atoms. The maximum absolute atomic E-state index is 12.3. The molecule has 8 heteroatoms. The summed E-state index contributed by atoms with van der Waals surface area (Å²) in [6.45, 7) is 7.79. The number of rotatable bonds is 5. The molecule has 3 rings (SSSR count). The molecule has 0 radical (unpaired) electrons. The Morgan fingerprint density at radius 1 is 1.27 bits per heavy atom. The molecule has 0 aliphatic carbocycles. The number of benzene rings is 2. The smallest absolute Gasteiger partial charge is 0.338 e. The molecule has 1 atom stereocenters. The fourth-order valence-electron chi connectivity index (χ4n) is 3.33. The summed E-state index contributed by atoms with van der Waals surface area (Å²) < 4.78 is 17.0. The van der Waals surface area contributed by atoms with E-state index in [4.69, 9.17) is 25.8 Å². The van der Waals surface area contributed by atoms with Crippen molar-refractivity contribution in [1.29, 1.82) is 0 Å². The van der Waals surface area contributed by atoms with Crippen LogP contribution >= 0.6 is 11.6 Å². The van der Waals surface area contributed by atoms with Crippen molar-refractivity contribution in [3.63, 3.8) is 0 Å². The number of nitro benzene ring substituents is 1. The van der Waals surface area contributed by atoms with Gasteiger partial charge in [-0.05, 0) is 57.7 Å². The molecule has 2 aromatic rings. The van der Waals surface area contributed by atoms with Crippen LogP contribution in [0.4, 0.5) is 5.69 Å². The standard InChI is InChI=1S/C22H24ClNO6/c1-5-13-8-9-28-20-16(13)11-15(23)12-19(20)29-18-7-6-14(10-17(18)24(26)27)21(25)30-22(2,3)4/h6-7,10-13H,5,8-9H2,1-4H3. The van der Waals surface area contributed by atoms with Gasteiger partial charge in [-0.25, -0.2) is 4.79 Å². The normalized spacial score (nSPS) is 15.7. The molecular weight excluding hydrogens is 410 g/mol. The minimum absolute atomic E-state index is 0.0148. The number of nitrogens with zero attached hydrogens (tertiary/aromatic N) is 1. The molecular formula is C22H24ClNO6. The van der Waals surface area contributed by atoms with Gasteiger partial charge in [-0.15, -0.1) is 0 Å². The quantitative estimate of drug-likeness (QED) is 0.313. The zero-order chi connectivity index (χ0) is 22.1. The highest BCUT2D eigenvalue weighted by Crippen LogP contribution is 2.46. The topological polar surface area (TPSA) is 87.9 Å². The van der Waals surface area contributed by atoms with Crippen LogP contribution in [-0.2, 0) is 4.74 Å². The first-order valence-corrected chi connectivity index (χ1v) is 10.1. The number of carbonyl (C=O) groups excluding carboxylic acids is 1. The summed E-state index contributed by atoms with van der Waals surface area (Å²) in [5, 5.41) is 12.1. The van der Waals surface area contributed by atoms with Crippen LogP contribution in [-0.4, -0.2) is 23.1 Å². The van der Waals surface area contributed by atoms with E-state index in [1.165, 1.54) is 12.1 Å². The van der Waals surface area contributed by atoms with Crippen molar-refractivity contribution in [1.82, 2.24) is 0 Å². The Balaban J connectivity index is 1.99. The average molecular weight is 434 g/mol. The number of nitro groups is 1. The predicted octanol–water partition coefficient (Wildman–Crippen LogP) is 6.27. The van der Waals surface area contributed by atoms with Crippen molar-refractivity contribution >= 4 is 23.3 Å². The first kappa shape index (κ1) is 21.9. The summed E-state index contributed by atoms with van der Waals surface area (Å²) in [5.74, 6) is 0.469. The first-order chi connectivity index (χ1) is 14.1. The van der Waals surface area contributed by atoms with Crippen LogP contribution in [0.5, 0.6) is 17.2 Å². The predicted molar refractivity (Wildman–Crippen MR) is 113 cm³/mol. The van der Waals surface area contributed by atoms with Gasteiger partial charge < -0.3 is 14.2 Å². The maximum Gasteiger partial charge on any atom is 0.338 e. The van der Waals surface area contributed by atoms with E-state index in [1.54, 1.807) is 26.8 Å². The lowest BCUT2D eigenvalue weighted by Gasteiger charge is -2.27. The third-order valence-corrected chi connectivity index (χ3v) is 4.92. The van der Waals surface area contributed by atoms with Crippen LogP contribution in [0.15, 0.2) is 30.3 Å². The summed E-state index contributed by atoms with van der Waals surface area (Å²) in [6.07, 6.45) is 1.79. The van der Waals surface area contributed by atoms with Crippen molar-refractivity contribution < 1.29 is 23.9 Å². The monoisotopic (exact) mass is 433 g/mol. The molecule has 0 amide bonds.